The van der Waals surface area contributed by atoms with Gasteiger partial charge in [0, 0.05) is 24.1 Å². The van der Waals surface area contributed by atoms with E-state index in [-0.39, 0.29) is 36.8 Å². The zero-order chi connectivity index (χ0) is 15.8. The number of hydrogen-bond donors (Lipinski definition) is 0. The number of hydrogen-bond acceptors (Lipinski definition) is 5. The Kier molecular flexibility index (Phi) is 6.62. The van der Waals surface area contributed by atoms with Crippen LogP contribution < -0.4 is 4.74 Å². The highest BCUT2D eigenvalue weighted by Gasteiger charge is 2.16. The van der Waals surface area contributed by atoms with Crippen LogP contribution in [0.15, 0.2) is 22.7 Å². The minimum atomic E-state index is -0.541. The Labute approximate surface area is 130 Å². The normalized spacial score (nSPS) is 9.76. The second kappa shape index (κ2) is 8.21. The predicted molar refractivity (Wildman–Crippen MR) is 78.8 cm³/mol. The number of rotatable bonds is 7. The number of nitriles is 1. The van der Waals surface area contributed by atoms with E-state index in [2.05, 4.69) is 15.9 Å². The van der Waals surface area contributed by atoms with Crippen molar-refractivity contribution in [2.45, 2.75) is 12.8 Å². The smallest absolute Gasteiger partial charge is 0.312 e. The van der Waals surface area contributed by atoms with Crippen molar-refractivity contribution in [3.8, 4) is 11.8 Å². The molecule has 0 atom stereocenters. The van der Waals surface area contributed by atoms with Crippen molar-refractivity contribution >= 4 is 27.5 Å². The molecule has 0 spiro atoms. The van der Waals surface area contributed by atoms with Crippen molar-refractivity contribution in [2.75, 3.05) is 20.2 Å². The number of benzene rings is 1. The van der Waals surface area contributed by atoms with Gasteiger partial charge in [-0.05, 0) is 12.1 Å². The van der Waals surface area contributed by atoms with Crippen LogP contribution in [0.4, 0.5) is 5.69 Å². The Bertz CT molecular complexity index is 571. The molecule has 0 N–H and O–H groups in total. The summed E-state index contributed by atoms with van der Waals surface area (Å²) in [6, 6.07) is 6.41. The molecule has 7 nitrogen and oxygen atoms in total. The Balaban J connectivity index is 2.55. The number of nitro benzene ring substituents is 1. The minimum absolute atomic E-state index is 0.0399. The third kappa shape index (κ3) is 5.39. The lowest BCUT2D eigenvalue weighted by atomic mass is 10.3. The zero-order valence-electron chi connectivity index (χ0n) is 11.4. The van der Waals surface area contributed by atoms with Gasteiger partial charge in [-0.2, -0.15) is 5.26 Å². The molecule has 0 fully saturated rings. The molecule has 1 aromatic rings. The summed E-state index contributed by atoms with van der Waals surface area (Å²) in [4.78, 5) is 23.5. The molecule has 0 unspecified atom stereocenters. The standard InChI is InChI=1S/C13H14BrN3O4/c1-16(7-2-6-15)13(18)5-8-21-12-4-3-10(14)9-11(12)17(19)20/h3-4,9H,2,5,7-8H2,1H3. The van der Waals surface area contributed by atoms with Crippen LogP contribution in [0.3, 0.4) is 0 Å². The lowest BCUT2D eigenvalue weighted by Crippen LogP contribution is -2.28. The van der Waals surface area contributed by atoms with Crippen molar-refractivity contribution in [3.05, 3.63) is 32.8 Å². The molecule has 0 radical (unpaired) electrons. The Hall–Kier alpha value is -2.14. The fraction of sp³-hybridized carbons (Fsp3) is 0.385. The maximum Gasteiger partial charge on any atom is 0.312 e. The van der Waals surface area contributed by atoms with Crippen LogP contribution in [0.5, 0.6) is 5.75 Å². The van der Waals surface area contributed by atoms with Crippen LogP contribution in [0, 0.1) is 21.4 Å². The quantitative estimate of drug-likeness (QED) is 0.552. The number of carbonyl (C=O) groups excluding carboxylic acids is 1. The second-order valence-corrected chi connectivity index (χ2v) is 5.11. The van der Waals surface area contributed by atoms with Gasteiger partial charge >= 0.3 is 5.69 Å². The van der Waals surface area contributed by atoms with Crippen molar-refractivity contribution in [1.29, 1.82) is 5.26 Å². The molecule has 1 aromatic carbocycles. The van der Waals surface area contributed by atoms with Crippen LogP contribution in [0.1, 0.15) is 12.8 Å². The first kappa shape index (κ1) is 16.9. The van der Waals surface area contributed by atoms with Crippen molar-refractivity contribution in [1.82, 2.24) is 4.90 Å². The summed E-state index contributed by atoms with van der Waals surface area (Å²) >= 11 is 3.15. The molecule has 0 aliphatic carbocycles. The van der Waals surface area contributed by atoms with Gasteiger partial charge in [-0.1, -0.05) is 15.9 Å². The van der Waals surface area contributed by atoms with Crippen LogP contribution in [0.25, 0.3) is 0 Å². The van der Waals surface area contributed by atoms with Crippen molar-refractivity contribution in [3.63, 3.8) is 0 Å². The molecule has 8 heteroatoms. The minimum Gasteiger partial charge on any atom is -0.486 e. The summed E-state index contributed by atoms with van der Waals surface area (Å²) in [6.07, 6.45) is 0.358. The average molecular weight is 356 g/mol. The molecule has 1 amide bonds. The zero-order valence-corrected chi connectivity index (χ0v) is 13.0. The first-order valence-electron chi connectivity index (χ1n) is 6.13. The average Bonchev–Trinajstić information content (AvgIpc) is 2.45. The molecular weight excluding hydrogens is 342 g/mol. The largest absolute Gasteiger partial charge is 0.486 e. The topological polar surface area (TPSA) is 96.5 Å². The molecular formula is C13H14BrN3O4. The maximum atomic E-state index is 11.7. The summed E-state index contributed by atoms with van der Waals surface area (Å²) < 4.78 is 5.88. The number of halogens is 1. The molecule has 112 valence electrons. The second-order valence-electron chi connectivity index (χ2n) is 4.19. The lowest BCUT2D eigenvalue weighted by Gasteiger charge is -2.15. The predicted octanol–water partition coefficient (Wildman–Crippen LogP) is 2.50. The van der Waals surface area contributed by atoms with Crippen molar-refractivity contribution in [2.24, 2.45) is 0 Å². The first-order valence-corrected chi connectivity index (χ1v) is 6.92. The van der Waals surface area contributed by atoms with E-state index in [4.69, 9.17) is 10.00 Å². The molecule has 0 aliphatic heterocycles. The maximum absolute atomic E-state index is 11.7. The molecule has 21 heavy (non-hydrogen) atoms. The highest BCUT2D eigenvalue weighted by molar-refractivity contribution is 9.10. The molecule has 0 aromatic heterocycles. The summed E-state index contributed by atoms with van der Waals surface area (Å²) in [7, 11) is 1.60. The third-order valence-corrected chi connectivity index (χ3v) is 3.17. The van der Waals surface area contributed by atoms with E-state index < -0.39 is 4.92 Å². The number of amides is 1. The fourth-order valence-electron chi connectivity index (χ4n) is 1.54. The number of nitrogens with zero attached hydrogens (tertiary/aromatic N) is 3. The van der Waals surface area contributed by atoms with Gasteiger partial charge in [0.2, 0.25) is 5.91 Å². The van der Waals surface area contributed by atoms with E-state index in [1.165, 1.54) is 17.0 Å². The summed E-state index contributed by atoms with van der Waals surface area (Å²) in [5.74, 6) is -0.0549. The van der Waals surface area contributed by atoms with E-state index in [1.54, 1.807) is 13.1 Å². The molecule has 0 aliphatic rings. The molecule has 0 saturated heterocycles. The van der Waals surface area contributed by atoms with Gasteiger partial charge in [0.1, 0.15) is 0 Å². The number of carbonyl (C=O) groups is 1. The summed E-state index contributed by atoms with van der Waals surface area (Å²) in [6.45, 7) is 0.395. The van der Waals surface area contributed by atoms with Gasteiger partial charge in [0.15, 0.2) is 5.75 Å². The molecule has 0 bridgehead atoms. The monoisotopic (exact) mass is 355 g/mol. The number of ether oxygens (including phenoxy) is 1. The Morgan fingerprint density at radius 3 is 2.90 bits per heavy atom. The molecule has 0 saturated carbocycles. The van der Waals surface area contributed by atoms with Gasteiger partial charge in [0.05, 0.1) is 30.4 Å². The van der Waals surface area contributed by atoms with Crippen molar-refractivity contribution < 1.29 is 14.5 Å². The van der Waals surface area contributed by atoms with Gasteiger partial charge in [-0.3, -0.25) is 14.9 Å². The summed E-state index contributed by atoms with van der Waals surface area (Å²) in [5.41, 5.74) is -0.158. The van der Waals surface area contributed by atoms with Gasteiger partial charge < -0.3 is 9.64 Å². The lowest BCUT2D eigenvalue weighted by molar-refractivity contribution is -0.385. The van der Waals surface area contributed by atoms with E-state index in [0.29, 0.717) is 11.0 Å². The van der Waals surface area contributed by atoms with Crippen LogP contribution in [0.2, 0.25) is 0 Å². The van der Waals surface area contributed by atoms with Crippen LogP contribution in [-0.2, 0) is 4.79 Å². The van der Waals surface area contributed by atoms with Gasteiger partial charge in [-0.15, -0.1) is 0 Å². The molecule has 1 rings (SSSR count). The SMILES string of the molecule is CN(CCC#N)C(=O)CCOc1ccc(Br)cc1[N+](=O)[O-]. The fourth-order valence-corrected chi connectivity index (χ4v) is 1.89. The van der Waals surface area contributed by atoms with E-state index in [9.17, 15) is 14.9 Å². The van der Waals surface area contributed by atoms with E-state index in [0.717, 1.165) is 0 Å². The summed E-state index contributed by atoms with van der Waals surface area (Å²) in [5, 5.41) is 19.3. The third-order valence-electron chi connectivity index (χ3n) is 2.68. The molecule has 0 heterocycles. The highest BCUT2D eigenvalue weighted by atomic mass is 79.9. The first-order chi connectivity index (χ1) is 9.95. The van der Waals surface area contributed by atoms with Crippen LogP contribution >= 0.6 is 15.9 Å². The Morgan fingerprint density at radius 2 is 2.29 bits per heavy atom. The van der Waals surface area contributed by atoms with Crippen LogP contribution in [-0.4, -0.2) is 35.9 Å². The number of nitro groups is 1. The van der Waals surface area contributed by atoms with Gasteiger partial charge in [0.25, 0.3) is 0 Å². The highest BCUT2D eigenvalue weighted by Crippen LogP contribution is 2.30. The van der Waals surface area contributed by atoms with E-state index >= 15 is 0 Å². The Morgan fingerprint density at radius 1 is 1.57 bits per heavy atom. The van der Waals surface area contributed by atoms with E-state index in [1.807, 2.05) is 6.07 Å². The van der Waals surface area contributed by atoms with Gasteiger partial charge in [-0.25, -0.2) is 0 Å².